The highest BCUT2D eigenvalue weighted by molar-refractivity contribution is 5.16. The lowest BCUT2D eigenvalue weighted by Crippen LogP contribution is -2.31. The molecule has 1 nitrogen and oxygen atoms in total. The van der Waals surface area contributed by atoms with Gasteiger partial charge in [0.2, 0.25) is 0 Å². The van der Waals surface area contributed by atoms with Crippen molar-refractivity contribution in [3.63, 3.8) is 0 Å². The lowest BCUT2D eigenvalue weighted by Gasteiger charge is -2.34. The molecule has 0 spiro atoms. The zero-order valence-electron chi connectivity index (χ0n) is 12.9. The van der Waals surface area contributed by atoms with Crippen molar-refractivity contribution in [1.82, 2.24) is 0 Å². The van der Waals surface area contributed by atoms with Crippen LogP contribution in [0.2, 0.25) is 0 Å². The first-order chi connectivity index (χ1) is 9.40. The van der Waals surface area contributed by atoms with Gasteiger partial charge < -0.3 is 5.11 Å². The molecule has 0 aromatic carbocycles. The fourth-order valence-corrected chi connectivity index (χ4v) is 3.86. The van der Waals surface area contributed by atoms with Crippen LogP contribution in [0.15, 0.2) is 11.6 Å². The lowest BCUT2D eigenvalue weighted by molar-refractivity contribution is 0.129. The Labute approximate surface area is 121 Å². The molecule has 1 fully saturated rings. The van der Waals surface area contributed by atoms with Crippen LogP contribution in [0.1, 0.15) is 52.9 Å². The number of hydrogen-bond acceptors (Lipinski definition) is 1. The van der Waals surface area contributed by atoms with E-state index in [4.69, 9.17) is 0 Å². The Bertz CT molecular complexity index is 353. The van der Waals surface area contributed by atoms with Gasteiger partial charge >= 0.3 is 0 Å². The maximum Gasteiger partial charge on any atom is 0.150 e. The van der Waals surface area contributed by atoms with Crippen molar-refractivity contribution in [3.8, 4) is 0 Å². The van der Waals surface area contributed by atoms with Crippen LogP contribution in [0.5, 0.6) is 0 Å². The number of aliphatic hydroxyl groups is 1. The van der Waals surface area contributed by atoms with Crippen molar-refractivity contribution in [2.45, 2.75) is 71.3 Å². The van der Waals surface area contributed by atoms with E-state index in [2.05, 4.69) is 6.92 Å². The van der Waals surface area contributed by atoms with Crippen molar-refractivity contribution in [3.05, 3.63) is 11.6 Å². The first-order valence-electron chi connectivity index (χ1n) is 8.04. The molecule has 0 aromatic heterocycles. The first-order valence-corrected chi connectivity index (χ1v) is 8.04. The van der Waals surface area contributed by atoms with Gasteiger partial charge in [0.25, 0.3) is 0 Å². The van der Waals surface area contributed by atoms with Crippen molar-refractivity contribution in [2.24, 2.45) is 23.7 Å². The van der Waals surface area contributed by atoms with E-state index < -0.39 is 12.3 Å². The van der Waals surface area contributed by atoms with Gasteiger partial charge in [-0.25, -0.2) is 8.78 Å². The Morgan fingerprint density at radius 3 is 2.50 bits per heavy atom. The third-order valence-electron chi connectivity index (χ3n) is 5.23. The maximum absolute atomic E-state index is 13.7. The van der Waals surface area contributed by atoms with Crippen LogP contribution in [-0.4, -0.2) is 23.6 Å². The SMILES string of the molecule is CC1=CC(F)C(F)CC1C(CCCC(C)O)C1C[C@H]1C. The topological polar surface area (TPSA) is 20.2 Å². The summed E-state index contributed by atoms with van der Waals surface area (Å²) < 4.78 is 27.2. The minimum Gasteiger partial charge on any atom is -0.393 e. The molecule has 6 unspecified atom stereocenters. The number of rotatable bonds is 6. The molecular weight excluding hydrogens is 258 g/mol. The molecule has 0 amide bonds. The number of halogens is 2. The third-order valence-corrected chi connectivity index (χ3v) is 5.23. The lowest BCUT2D eigenvalue weighted by atomic mass is 9.73. The van der Waals surface area contributed by atoms with Crippen LogP contribution in [0.3, 0.4) is 0 Å². The number of aliphatic hydroxyl groups excluding tert-OH is 1. The summed E-state index contributed by atoms with van der Waals surface area (Å²) in [7, 11) is 0. The summed E-state index contributed by atoms with van der Waals surface area (Å²) in [5.41, 5.74) is 1.03. The molecule has 0 aromatic rings. The van der Waals surface area contributed by atoms with Gasteiger partial charge in [-0.15, -0.1) is 0 Å². The molecule has 2 aliphatic rings. The van der Waals surface area contributed by atoms with Gasteiger partial charge in [-0.1, -0.05) is 18.9 Å². The summed E-state index contributed by atoms with van der Waals surface area (Å²) in [5, 5.41) is 9.39. The average Bonchev–Trinajstić information content (AvgIpc) is 3.07. The van der Waals surface area contributed by atoms with Crippen LogP contribution >= 0.6 is 0 Å². The van der Waals surface area contributed by atoms with Crippen molar-refractivity contribution in [2.75, 3.05) is 0 Å². The Morgan fingerprint density at radius 1 is 1.30 bits per heavy atom. The highest BCUT2D eigenvalue weighted by Crippen LogP contribution is 2.52. The smallest absolute Gasteiger partial charge is 0.150 e. The van der Waals surface area contributed by atoms with Crippen molar-refractivity contribution >= 4 is 0 Å². The predicted molar refractivity (Wildman–Crippen MR) is 77.9 cm³/mol. The number of hydrogen-bond donors (Lipinski definition) is 1. The van der Waals surface area contributed by atoms with Crippen LogP contribution in [0, 0.1) is 23.7 Å². The summed E-state index contributed by atoms with van der Waals surface area (Å²) in [6, 6.07) is 0. The first kappa shape index (κ1) is 15.9. The van der Waals surface area contributed by atoms with Gasteiger partial charge in [0.1, 0.15) is 12.3 Å². The monoisotopic (exact) mass is 286 g/mol. The normalized spacial score (nSPS) is 40.1. The standard InChI is InChI=1S/C17H28F2O/c1-10-7-14(10)13(6-4-5-12(3)20)15-9-17(19)16(18)8-11(15)2/h8,10,12-17,20H,4-7,9H2,1-3H3/t10-,12?,13?,14?,15?,16?,17?/m1/s1. The van der Waals surface area contributed by atoms with E-state index in [0.717, 1.165) is 30.8 Å². The number of allylic oxidation sites excluding steroid dienone is 2. The molecular formula is C17H28F2O. The molecule has 2 aliphatic carbocycles. The summed E-state index contributed by atoms with van der Waals surface area (Å²) in [6.45, 7) is 6.02. The van der Waals surface area contributed by atoms with Gasteiger partial charge in [-0.3, -0.25) is 0 Å². The molecule has 2 rings (SSSR count). The molecule has 0 saturated heterocycles. The Hall–Kier alpha value is -0.440. The number of alkyl halides is 2. The van der Waals surface area contributed by atoms with E-state index in [0.29, 0.717) is 18.3 Å². The fourth-order valence-electron chi connectivity index (χ4n) is 3.86. The quantitative estimate of drug-likeness (QED) is 0.715. The highest BCUT2D eigenvalue weighted by Gasteiger charge is 2.45. The fraction of sp³-hybridized carbons (Fsp3) is 0.882. The van der Waals surface area contributed by atoms with Crippen LogP contribution in [0.4, 0.5) is 8.78 Å². The van der Waals surface area contributed by atoms with E-state index in [1.54, 1.807) is 0 Å². The van der Waals surface area contributed by atoms with E-state index in [1.807, 2.05) is 13.8 Å². The summed E-state index contributed by atoms with van der Waals surface area (Å²) in [4.78, 5) is 0. The van der Waals surface area contributed by atoms with Crippen molar-refractivity contribution in [1.29, 1.82) is 0 Å². The minimum absolute atomic E-state index is 0.195. The summed E-state index contributed by atoms with van der Waals surface area (Å²) in [5.74, 6) is 2.05. The third kappa shape index (κ3) is 3.81. The Balaban J connectivity index is 2.01. The van der Waals surface area contributed by atoms with Crippen LogP contribution in [-0.2, 0) is 0 Å². The molecule has 20 heavy (non-hydrogen) atoms. The maximum atomic E-state index is 13.7. The van der Waals surface area contributed by atoms with Gasteiger partial charge in [-0.05, 0) is 69.3 Å². The average molecular weight is 286 g/mol. The molecule has 0 bridgehead atoms. The van der Waals surface area contributed by atoms with Gasteiger partial charge in [-0.2, -0.15) is 0 Å². The Morgan fingerprint density at radius 2 is 1.95 bits per heavy atom. The van der Waals surface area contributed by atoms with Gasteiger partial charge in [0.15, 0.2) is 0 Å². The van der Waals surface area contributed by atoms with Crippen LogP contribution < -0.4 is 0 Å². The predicted octanol–water partition coefficient (Wildman–Crippen LogP) is 4.45. The molecule has 116 valence electrons. The zero-order chi connectivity index (χ0) is 14.9. The van der Waals surface area contributed by atoms with Gasteiger partial charge in [0.05, 0.1) is 6.10 Å². The molecule has 0 radical (unpaired) electrons. The molecule has 0 aliphatic heterocycles. The zero-order valence-corrected chi connectivity index (χ0v) is 12.9. The second kappa shape index (κ2) is 6.55. The second-order valence-corrected chi connectivity index (χ2v) is 7.03. The molecule has 1 saturated carbocycles. The van der Waals surface area contributed by atoms with E-state index in [9.17, 15) is 13.9 Å². The summed E-state index contributed by atoms with van der Waals surface area (Å²) >= 11 is 0. The molecule has 3 heteroatoms. The molecule has 0 heterocycles. The van der Waals surface area contributed by atoms with Crippen LogP contribution in [0.25, 0.3) is 0 Å². The molecule has 1 N–H and O–H groups in total. The van der Waals surface area contributed by atoms with Crippen molar-refractivity contribution < 1.29 is 13.9 Å². The molecule has 7 atom stereocenters. The second-order valence-electron chi connectivity index (χ2n) is 7.03. The van der Waals surface area contributed by atoms with E-state index in [-0.39, 0.29) is 12.0 Å². The largest absolute Gasteiger partial charge is 0.393 e. The minimum atomic E-state index is -1.42. The van der Waals surface area contributed by atoms with Gasteiger partial charge in [0, 0.05) is 0 Å². The Kier molecular flexibility index (Phi) is 5.22. The summed E-state index contributed by atoms with van der Waals surface area (Å²) in [6.07, 6.45) is 2.85. The highest BCUT2D eigenvalue weighted by atomic mass is 19.2. The van der Waals surface area contributed by atoms with E-state index in [1.165, 1.54) is 12.5 Å². The van der Waals surface area contributed by atoms with E-state index >= 15 is 0 Å².